The van der Waals surface area contributed by atoms with E-state index in [0.717, 1.165) is 56.7 Å². The van der Waals surface area contributed by atoms with Gasteiger partial charge in [0, 0.05) is 5.56 Å². The van der Waals surface area contributed by atoms with E-state index in [1.807, 2.05) is 0 Å². The van der Waals surface area contributed by atoms with E-state index in [0.29, 0.717) is 17.9 Å². The van der Waals surface area contributed by atoms with Gasteiger partial charge in [-0.3, -0.25) is 0 Å². The molecule has 3 atom stereocenters. The van der Waals surface area contributed by atoms with Crippen LogP contribution < -0.4 is 0 Å². The van der Waals surface area contributed by atoms with Crippen molar-refractivity contribution in [3.05, 3.63) is 35.9 Å². The Hall–Kier alpha value is -0.940. The zero-order valence-electron chi connectivity index (χ0n) is 17.4. The van der Waals surface area contributed by atoms with Crippen molar-refractivity contribution in [3.8, 4) is 0 Å². The summed E-state index contributed by atoms with van der Waals surface area (Å²) in [6, 6.07) is 10.6. The number of aliphatic hydroxyl groups excluding tert-OH is 1. The third kappa shape index (κ3) is 6.28. The number of aliphatic hydroxyl groups is 1. The van der Waals surface area contributed by atoms with Crippen LogP contribution in [-0.4, -0.2) is 61.3 Å². The van der Waals surface area contributed by atoms with E-state index in [-0.39, 0.29) is 6.10 Å². The molecule has 4 nitrogen and oxygen atoms in total. The van der Waals surface area contributed by atoms with E-state index in [4.69, 9.17) is 9.47 Å². The predicted molar refractivity (Wildman–Crippen MR) is 108 cm³/mol. The largest absolute Gasteiger partial charge is 0.385 e. The lowest BCUT2D eigenvalue weighted by Crippen LogP contribution is -2.58. The minimum Gasteiger partial charge on any atom is -0.385 e. The van der Waals surface area contributed by atoms with Crippen molar-refractivity contribution in [3.63, 3.8) is 0 Å². The smallest absolute Gasteiger partial charge is 0.126 e. The molecule has 1 aliphatic carbocycles. The Bertz CT molecular complexity index is 568. The van der Waals surface area contributed by atoms with Gasteiger partial charge in [-0.2, -0.15) is 0 Å². The van der Waals surface area contributed by atoms with E-state index < -0.39 is 6.10 Å². The zero-order valence-corrected chi connectivity index (χ0v) is 17.4. The summed E-state index contributed by atoms with van der Waals surface area (Å²) in [4.78, 5) is 0. The maximum absolute atomic E-state index is 10.8. The fraction of sp³-hybridized carbons (Fsp3) is 0.739. The maximum Gasteiger partial charge on any atom is 0.126 e. The molecule has 4 heteroatoms. The predicted octanol–water partition coefficient (Wildman–Crippen LogP) is 3.63. The number of rotatable bonds is 7. The van der Waals surface area contributed by atoms with E-state index in [1.165, 1.54) is 12.0 Å². The molecule has 1 aromatic carbocycles. The van der Waals surface area contributed by atoms with Crippen molar-refractivity contribution in [2.45, 2.75) is 58.8 Å². The first-order valence-corrected chi connectivity index (χ1v) is 10.6. The number of hydrogen-bond donors (Lipinski definition) is 1. The summed E-state index contributed by atoms with van der Waals surface area (Å²) in [6.45, 7) is 12.6. The first-order chi connectivity index (χ1) is 12.9. The van der Waals surface area contributed by atoms with Gasteiger partial charge in [0.2, 0.25) is 0 Å². The van der Waals surface area contributed by atoms with Crippen LogP contribution in [0.4, 0.5) is 0 Å². The van der Waals surface area contributed by atoms with E-state index in [1.54, 1.807) is 0 Å². The molecule has 2 aliphatic rings. The molecule has 2 fully saturated rings. The molecule has 1 aromatic rings. The fourth-order valence-corrected chi connectivity index (χ4v) is 5.24. The zero-order chi connectivity index (χ0) is 19.3. The van der Waals surface area contributed by atoms with Gasteiger partial charge < -0.3 is 19.1 Å². The highest BCUT2D eigenvalue weighted by Crippen LogP contribution is 2.39. The topological polar surface area (TPSA) is 38.7 Å². The standard InChI is InChI=1S/C23H38NO3/c1-19-13-22(15-23(2,3)14-19)27-18-21(25)17-24(9-11-26-12-10-24)16-20-7-5-4-6-8-20/h4-8,19,21-22,25H,9-18H2,1-3H3/q+1/t19-,21+,22+/m0/s1. The van der Waals surface area contributed by atoms with E-state index in [9.17, 15) is 5.11 Å². The van der Waals surface area contributed by atoms with Crippen molar-refractivity contribution in [2.75, 3.05) is 39.5 Å². The van der Waals surface area contributed by atoms with Gasteiger partial charge in [-0.25, -0.2) is 0 Å². The number of hydrogen-bond acceptors (Lipinski definition) is 3. The van der Waals surface area contributed by atoms with Crippen LogP contribution in [0.25, 0.3) is 0 Å². The SMILES string of the molecule is C[C@H]1C[C@@H](OC[C@H](O)C[N+]2(Cc3ccccc3)CCOCC2)CC(C)(C)C1. The molecule has 0 amide bonds. The van der Waals surface area contributed by atoms with Gasteiger partial charge in [0.15, 0.2) is 0 Å². The molecule has 27 heavy (non-hydrogen) atoms. The van der Waals surface area contributed by atoms with Crippen molar-refractivity contribution in [1.82, 2.24) is 0 Å². The third-order valence-electron chi connectivity index (χ3n) is 6.25. The summed E-state index contributed by atoms with van der Waals surface area (Å²) in [5, 5.41) is 10.8. The summed E-state index contributed by atoms with van der Waals surface area (Å²) >= 11 is 0. The Balaban J connectivity index is 1.55. The van der Waals surface area contributed by atoms with Gasteiger partial charge in [0.25, 0.3) is 0 Å². The summed E-state index contributed by atoms with van der Waals surface area (Å²) < 4.78 is 12.7. The maximum atomic E-state index is 10.8. The lowest BCUT2D eigenvalue weighted by Gasteiger charge is -2.43. The van der Waals surface area contributed by atoms with Crippen LogP contribution in [0.2, 0.25) is 0 Å². The first kappa shape index (κ1) is 20.8. The fourth-order valence-electron chi connectivity index (χ4n) is 5.24. The molecule has 0 spiro atoms. The van der Waals surface area contributed by atoms with Gasteiger partial charge >= 0.3 is 0 Å². The normalized spacial score (nSPS) is 28.6. The van der Waals surface area contributed by atoms with Crippen LogP contribution in [0, 0.1) is 11.3 Å². The van der Waals surface area contributed by atoms with Gasteiger partial charge in [-0.05, 0) is 30.6 Å². The quantitative estimate of drug-likeness (QED) is 0.739. The summed E-state index contributed by atoms with van der Waals surface area (Å²) in [6.07, 6.45) is 3.35. The van der Waals surface area contributed by atoms with E-state index >= 15 is 0 Å². The molecule has 0 aromatic heterocycles. The summed E-state index contributed by atoms with van der Waals surface area (Å²) in [7, 11) is 0. The second-order valence-corrected chi connectivity index (χ2v) is 9.75. The lowest BCUT2D eigenvalue weighted by atomic mass is 9.71. The highest BCUT2D eigenvalue weighted by molar-refractivity contribution is 5.13. The van der Waals surface area contributed by atoms with Gasteiger partial charge in [0.1, 0.15) is 32.3 Å². The van der Waals surface area contributed by atoms with Crippen LogP contribution in [0.1, 0.15) is 45.6 Å². The van der Waals surface area contributed by atoms with Gasteiger partial charge in [0.05, 0.1) is 25.9 Å². The van der Waals surface area contributed by atoms with Crippen LogP contribution >= 0.6 is 0 Å². The van der Waals surface area contributed by atoms with Crippen LogP contribution in [0.3, 0.4) is 0 Å². The number of nitrogens with zero attached hydrogens (tertiary/aromatic N) is 1. The first-order valence-electron chi connectivity index (χ1n) is 10.6. The minimum absolute atomic E-state index is 0.283. The highest BCUT2D eigenvalue weighted by Gasteiger charge is 2.35. The molecule has 1 saturated carbocycles. The molecule has 1 N–H and O–H groups in total. The number of ether oxygens (including phenoxy) is 2. The molecular weight excluding hydrogens is 338 g/mol. The molecule has 152 valence electrons. The molecule has 3 rings (SSSR count). The van der Waals surface area contributed by atoms with Crippen molar-refractivity contribution < 1.29 is 19.1 Å². The highest BCUT2D eigenvalue weighted by atomic mass is 16.5. The van der Waals surface area contributed by atoms with Crippen LogP contribution in [0.15, 0.2) is 30.3 Å². The van der Waals surface area contributed by atoms with Gasteiger partial charge in [-0.15, -0.1) is 0 Å². The Kier molecular flexibility index (Phi) is 6.96. The second-order valence-electron chi connectivity index (χ2n) is 9.75. The van der Waals surface area contributed by atoms with Gasteiger partial charge in [-0.1, -0.05) is 51.1 Å². The Morgan fingerprint density at radius 3 is 2.56 bits per heavy atom. The third-order valence-corrected chi connectivity index (χ3v) is 6.25. The van der Waals surface area contributed by atoms with Crippen molar-refractivity contribution in [2.24, 2.45) is 11.3 Å². The summed E-state index contributed by atoms with van der Waals surface area (Å²) in [5.74, 6) is 0.701. The molecule has 0 bridgehead atoms. The molecule has 0 unspecified atom stereocenters. The Morgan fingerprint density at radius 1 is 1.19 bits per heavy atom. The van der Waals surface area contributed by atoms with Crippen LogP contribution in [-0.2, 0) is 16.0 Å². The molecular formula is C23H38NO3+. The van der Waals surface area contributed by atoms with Crippen LogP contribution in [0.5, 0.6) is 0 Å². The lowest BCUT2D eigenvalue weighted by molar-refractivity contribution is -0.950. The minimum atomic E-state index is -0.424. The van der Waals surface area contributed by atoms with Crippen molar-refractivity contribution in [1.29, 1.82) is 0 Å². The van der Waals surface area contributed by atoms with Crippen molar-refractivity contribution >= 4 is 0 Å². The average Bonchev–Trinajstić information content (AvgIpc) is 2.60. The number of morpholine rings is 1. The average molecular weight is 377 g/mol. The molecule has 1 saturated heterocycles. The molecule has 1 heterocycles. The van der Waals surface area contributed by atoms with E-state index in [2.05, 4.69) is 51.1 Å². The monoisotopic (exact) mass is 376 g/mol. The summed E-state index contributed by atoms with van der Waals surface area (Å²) in [5.41, 5.74) is 1.67. The second kappa shape index (κ2) is 9.04. The molecule has 0 radical (unpaired) electrons. The Morgan fingerprint density at radius 2 is 1.89 bits per heavy atom. The Labute approximate surface area is 165 Å². The number of quaternary nitrogens is 1. The molecule has 1 aliphatic heterocycles. The number of benzene rings is 1.